The van der Waals surface area contributed by atoms with Gasteiger partial charge in [-0.15, -0.1) is 0 Å². The number of benzene rings is 2. The Morgan fingerprint density at radius 2 is 2.00 bits per heavy atom. The van der Waals surface area contributed by atoms with Crippen LogP contribution in [-0.4, -0.2) is 16.7 Å². The number of halogens is 2. The molecule has 0 atom stereocenters. The summed E-state index contributed by atoms with van der Waals surface area (Å²) in [6, 6.07) is 11.8. The highest BCUT2D eigenvalue weighted by Gasteiger charge is 2.23. The zero-order valence-corrected chi connectivity index (χ0v) is 14.9. The SMILES string of the molecule is O=C1NC(c2ccc(Cl)c([N+](=O)[O-])c2)=N/C1=C/c1ccccc1I. The Morgan fingerprint density at radius 3 is 2.71 bits per heavy atom. The van der Waals surface area contributed by atoms with E-state index in [0.717, 1.165) is 9.13 Å². The number of nitrogens with one attached hydrogen (secondary N) is 1. The van der Waals surface area contributed by atoms with Crippen molar-refractivity contribution in [3.63, 3.8) is 0 Å². The number of amides is 1. The molecule has 2 aromatic rings. The largest absolute Gasteiger partial charge is 0.305 e. The molecule has 1 heterocycles. The fourth-order valence-electron chi connectivity index (χ4n) is 2.14. The van der Waals surface area contributed by atoms with Crippen molar-refractivity contribution >= 4 is 57.7 Å². The molecule has 1 N–H and O–H groups in total. The summed E-state index contributed by atoms with van der Waals surface area (Å²) in [6.45, 7) is 0. The molecule has 6 nitrogen and oxygen atoms in total. The average Bonchev–Trinajstić information content (AvgIpc) is 2.91. The second-order valence-electron chi connectivity index (χ2n) is 4.89. The van der Waals surface area contributed by atoms with E-state index in [9.17, 15) is 14.9 Å². The molecule has 2 aromatic carbocycles. The predicted molar refractivity (Wildman–Crippen MR) is 99.9 cm³/mol. The number of aliphatic imine (C=N–C) groups is 1. The lowest BCUT2D eigenvalue weighted by Gasteiger charge is -2.01. The van der Waals surface area contributed by atoms with Gasteiger partial charge in [-0.2, -0.15) is 0 Å². The minimum absolute atomic E-state index is 0.0308. The summed E-state index contributed by atoms with van der Waals surface area (Å²) < 4.78 is 0.987. The highest BCUT2D eigenvalue weighted by Crippen LogP contribution is 2.26. The summed E-state index contributed by atoms with van der Waals surface area (Å²) in [7, 11) is 0. The summed E-state index contributed by atoms with van der Waals surface area (Å²) in [5.74, 6) is -0.0980. The summed E-state index contributed by atoms with van der Waals surface area (Å²) in [6.07, 6.45) is 1.68. The zero-order chi connectivity index (χ0) is 17.3. The lowest BCUT2D eigenvalue weighted by atomic mass is 10.2. The molecule has 0 bridgehead atoms. The molecule has 0 fully saturated rings. The third-order valence-corrected chi connectivity index (χ3v) is 4.61. The van der Waals surface area contributed by atoms with Gasteiger partial charge in [-0.25, -0.2) is 4.99 Å². The standard InChI is InChI=1S/C16H9ClIN3O3/c17-11-6-5-10(8-14(11)21(23)24)15-19-13(16(22)20-15)7-9-3-1-2-4-12(9)18/h1-8H,(H,19,20,22)/b13-7+. The van der Waals surface area contributed by atoms with Crippen LogP contribution in [0.15, 0.2) is 53.2 Å². The summed E-state index contributed by atoms with van der Waals surface area (Å²) >= 11 is 7.97. The van der Waals surface area contributed by atoms with Crippen molar-refractivity contribution in [3.05, 3.63) is 78.0 Å². The van der Waals surface area contributed by atoms with Crippen LogP contribution in [0, 0.1) is 13.7 Å². The van der Waals surface area contributed by atoms with Gasteiger partial charge in [0.25, 0.3) is 11.6 Å². The minimum Gasteiger partial charge on any atom is -0.305 e. The van der Waals surface area contributed by atoms with E-state index in [4.69, 9.17) is 11.6 Å². The molecule has 1 amide bonds. The van der Waals surface area contributed by atoms with Gasteiger partial charge in [-0.1, -0.05) is 29.8 Å². The lowest BCUT2D eigenvalue weighted by molar-refractivity contribution is -0.384. The van der Waals surface area contributed by atoms with Crippen molar-refractivity contribution < 1.29 is 9.72 Å². The van der Waals surface area contributed by atoms with E-state index >= 15 is 0 Å². The maximum Gasteiger partial charge on any atom is 0.288 e. The van der Waals surface area contributed by atoms with Gasteiger partial charge in [0, 0.05) is 15.2 Å². The first-order valence-corrected chi connectivity index (χ1v) is 8.22. The molecule has 0 saturated carbocycles. The number of rotatable bonds is 3. The van der Waals surface area contributed by atoms with Crippen molar-refractivity contribution in [1.29, 1.82) is 0 Å². The smallest absolute Gasteiger partial charge is 0.288 e. The highest BCUT2D eigenvalue weighted by molar-refractivity contribution is 14.1. The van der Waals surface area contributed by atoms with Crippen LogP contribution in [0.1, 0.15) is 11.1 Å². The van der Waals surface area contributed by atoms with Crippen LogP contribution in [0.4, 0.5) is 5.69 Å². The number of hydrogen-bond donors (Lipinski definition) is 1. The van der Waals surface area contributed by atoms with Crippen LogP contribution in [-0.2, 0) is 4.79 Å². The monoisotopic (exact) mass is 453 g/mol. The van der Waals surface area contributed by atoms with Crippen LogP contribution in [0.2, 0.25) is 5.02 Å². The molecule has 0 aliphatic carbocycles. The van der Waals surface area contributed by atoms with Crippen LogP contribution in [0.3, 0.4) is 0 Å². The highest BCUT2D eigenvalue weighted by atomic mass is 127. The van der Waals surface area contributed by atoms with Gasteiger partial charge in [0.2, 0.25) is 0 Å². The number of nitro benzene ring substituents is 1. The molecule has 3 rings (SSSR count). The van der Waals surface area contributed by atoms with Crippen LogP contribution >= 0.6 is 34.2 Å². The molecule has 0 radical (unpaired) electrons. The molecule has 1 aliphatic rings. The van der Waals surface area contributed by atoms with Gasteiger partial charge in [0.1, 0.15) is 16.6 Å². The molecular weight excluding hydrogens is 445 g/mol. The Balaban J connectivity index is 2.00. The Labute approximate surface area is 155 Å². The van der Waals surface area contributed by atoms with E-state index in [1.807, 2.05) is 24.3 Å². The minimum atomic E-state index is -0.577. The summed E-state index contributed by atoms with van der Waals surface area (Å²) in [4.78, 5) is 26.8. The molecule has 0 spiro atoms. The summed E-state index contributed by atoms with van der Waals surface area (Å²) in [5, 5.41) is 13.6. The number of hydrogen-bond acceptors (Lipinski definition) is 4. The molecule has 0 unspecified atom stereocenters. The van der Waals surface area contributed by atoms with E-state index in [2.05, 4.69) is 32.9 Å². The normalized spacial score (nSPS) is 15.3. The van der Waals surface area contributed by atoms with E-state index in [0.29, 0.717) is 5.56 Å². The number of carbonyl (C=O) groups is 1. The molecule has 0 aromatic heterocycles. The van der Waals surface area contributed by atoms with Crippen molar-refractivity contribution in [3.8, 4) is 0 Å². The van der Waals surface area contributed by atoms with Crippen LogP contribution in [0.5, 0.6) is 0 Å². The molecular formula is C16H9ClIN3O3. The molecule has 24 heavy (non-hydrogen) atoms. The number of amidine groups is 1. The third-order valence-electron chi connectivity index (χ3n) is 3.31. The Bertz CT molecular complexity index is 925. The van der Waals surface area contributed by atoms with Crippen molar-refractivity contribution in [2.45, 2.75) is 0 Å². The average molecular weight is 454 g/mol. The van der Waals surface area contributed by atoms with Gasteiger partial charge >= 0.3 is 0 Å². The molecule has 1 aliphatic heterocycles. The first kappa shape index (κ1) is 16.6. The van der Waals surface area contributed by atoms with Gasteiger partial charge in [-0.05, 0) is 52.4 Å². The molecule has 120 valence electrons. The number of carbonyl (C=O) groups excluding carboxylic acids is 1. The topological polar surface area (TPSA) is 84.6 Å². The van der Waals surface area contributed by atoms with E-state index < -0.39 is 4.92 Å². The van der Waals surface area contributed by atoms with E-state index in [1.165, 1.54) is 12.1 Å². The molecule has 8 heteroatoms. The van der Waals surface area contributed by atoms with Gasteiger partial charge < -0.3 is 5.32 Å². The van der Waals surface area contributed by atoms with Gasteiger partial charge in [0.15, 0.2) is 0 Å². The first-order valence-electron chi connectivity index (χ1n) is 6.76. The lowest BCUT2D eigenvalue weighted by Crippen LogP contribution is -2.24. The van der Waals surface area contributed by atoms with E-state index in [1.54, 1.807) is 12.1 Å². The quantitative estimate of drug-likeness (QED) is 0.332. The van der Waals surface area contributed by atoms with Gasteiger partial charge in [-0.3, -0.25) is 14.9 Å². The molecule has 0 saturated heterocycles. The van der Waals surface area contributed by atoms with Crippen LogP contribution in [0.25, 0.3) is 6.08 Å². The Hall–Kier alpha value is -2.26. The fourth-order valence-corrected chi connectivity index (χ4v) is 2.87. The zero-order valence-electron chi connectivity index (χ0n) is 12.0. The first-order chi connectivity index (χ1) is 11.5. The third kappa shape index (κ3) is 3.31. The number of nitro groups is 1. The van der Waals surface area contributed by atoms with E-state index in [-0.39, 0.29) is 28.1 Å². The van der Waals surface area contributed by atoms with Crippen molar-refractivity contribution in [2.24, 2.45) is 4.99 Å². The Morgan fingerprint density at radius 1 is 1.25 bits per heavy atom. The van der Waals surface area contributed by atoms with Crippen molar-refractivity contribution in [2.75, 3.05) is 0 Å². The Kier molecular flexibility index (Phi) is 4.63. The van der Waals surface area contributed by atoms with Crippen molar-refractivity contribution in [1.82, 2.24) is 5.32 Å². The van der Waals surface area contributed by atoms with Gasteiger partial charge in [0.05, 0.1) is 4.92 Å². The maximum absolute atomic E-state index is 12.1. The van der Waals surface area contributed by atoms with Crippen LogP contribution < -0.4 is 5.32 Å². The maximum atomic E-state index is 12.1. The fraction of sp³-hybridized carbons (Fsp3) is 0. The second-order valence-corrected chi connectivity index (χ2v) is 6.46. The number of nitrogens with zero attached hydrogens (tertiary/aromatic N) is 2. The predicted octanol–water partition coefficient (Wildman–Crippen LogP) is 3.77. The second kappa shape index (κ2) is 6.70. The summed E-state index contributed by atoms with van der Waals surface area (Å²) in [5.41, 5.74) is 1.30.